The van der Waals surface area contributed by atoms with E-state index in [4.69, 9.17) is 9.47 Å². The number of nitrogens with zero attached hydrogens (tertiary/aromatic N) is 1. The number of morpholine rings is 1. The second-order valence-corrected chi connectivity index (χ2v) is 8.74. The van der Waals surface area contributed by atoms with Gasteiger partial charge in [0, 0.05) is 18.0 Å². The summed E-state index contributed by atoms with van der Waals surface area (Å²) in [6.07, 6.45) is 3.99. The van der Waals surface area contributed by atoms with Gasteiger partial charge >= 0.3 is 0 Å². The molecule has 0 radical (unpaired) electrons. The predicted molar refractivity (Wildman–Crippen MR) is 117 cm³/mol. The van der Waals surface area contributed by atoms with Crippen molar-refractivity contribution >= 4 is 28.2 Å². The van der Waals surface area contributed by atoms with Crippen molar-refractivity contribution in [2.24, 2.45) is 0 Å². The third-order valence-corrected chi connectivity index (χ3v) is 6.81. The van der Waals surface area contributed by atoms with E-state index in [2.05, 4.69) is 5.32 Å². The number of para-hydroxylation sites is 1. The fraction of sp³-hybridized carbons (Fsp3) is 0.478. The number of rotatable bonds is 6. The Morgan fingerprint density at radius 1 is 1.17 bits per heavy atom. The van der Waals surface area contributed by atoms with Gasteiger partial charge in [-0.25, -0.2) is 0 Å². The van der Waals surface area contributed by atoms with Crippen LogP contribution in [0.25, 0.3) is 0 Å². The highest BCUT2D eigenvalue weighted by molar-refractivity contribution is 7.17. The maximum atomic E-state index is 13.4. The lowest BCUT2D eigenvalue weighted by atomic mass is 9.95. The summed E-state index contributed by atoms with van der Waals surface area (Å²) in [5.74, 6) is 0.454. The lowest BCUT2D eigenvalue weighted by Gasteiger charge is -2.28. The van der Waals surface area contributed by atoms with Gasteiger partial charge in [0.25, 0.3) is 11.8 Å². The van der Waals surface area contributed by atoms with Gasteiger partial charge < -0.3 is 19.7 Å². The van der Waals surface area contributed by atoms with Crippen LogP contribution in [0.3, 0.4) is 0 Å². The zero-order valence-electron chi connectivity index (χ0n) is 17.3. The molecule has 1 aromatic heterocycles. The topological polar surface area (TPSA) is 67.9 Å². The maximum Gasteiger partial charge on any atom is 0.266 e. The molecule has 1 saturated heterocycles. The van der Waals surface area contributed by atoms with Gasteiger partial charge in [-0.2, -0.15) is 0 Å². The number of aryl methyl sites for hydroxylation is 1. The molecule has 0 saturated carbocycles. The Kier molecular flexibility index (Phi) is 6.69. The number of amides is 2. The van der Waals surface area contributed by atoms with Crippen LogP contribution in [0.1, 0.15) is 47.0 Å². The molecule has 1 aliphatic carbocycles. The Labute approximate surface area is 181 Å². The van der Waals surface area contributed by atoms with Crippen molar-refractivity contribution in [3.05, 3.63) is 46.3 Å². The van der Waals surface area contributed by atoms with E-state index in [0.29, 0.717) is 49.0 Å². The fourth-order valence-corrected chi connectivity index (χ4v) is 5.27. The number of anilines is 1. The van der Waals surface area contributed by atoms with Crippen molar-refractivity contribution in [2.45, 2.75) is 45.1 Å². The summed E-state index contributed by atoms with van der Waals surface area (Å²) in [5.41, 5.74) is 1.80. The highest BCUT2D eigenvalue weighted by atomic mass is 32.1. The number of nitrogens with one attached hydrogen (secondary N) is 1. The quantitative estimate of drug-likeness (QED) is 0.758. The zero-order chi connectivity index (χ0) is 20.9. The van der Waals surface area contributed by atoms with Gasteiger partial charge in [-0.3, -0.25) is 9.59 Å². The molecule has 7 heteroatoms. The molecule has 4 rings (SSSR count). The van der Waals surface area contributed by atoms with E-state index in [1.54, 1.807) is 11.3 Å². The van der Waals surface area contributed by atoms with Crippen LogP contribution in [0.2, 0.25) is 0 Å². The van der Waals surface area contributed by atoms with Crippen LogP contribution in [0.15, 0.2) is 30.3 Å². The molecule has 1 aromatic carbocycles. The zero-order valence-corrected chi connectivity index (χ0v) is 18.1. The van der Waals surface area contributed by atoms with Gasteiger partial charge in [0.15, 0.2) is 6.10 Å². The number of thiophene rings is 1. The number of carbonyl (C=O) groups is 2. The minimum atomic E-state index is -0.613. The number of ether oxygens (including phenoxy) is 2. The first-order chi connectivity index (χ1) is 14.7. The Hall–Kier alpha value is -2.38. The van der Waals surface area contributed by atoms with Crippen LogP contribution in [0.5, 0.6) is 5.75 Å². The van der Waals surface area contributed by atoms with Gasteiger partial charge in [-0.05, 0) is 49.8 Å². The lowest BCUT2D eigenvalue weighted by Crippen LogP contribution is -2.41. The third kappa shape index (κ3) is 4.52. The van der Waals surface area contributed by atoms with Crippen molar-refractivity contribution in [3.63, 3.8) is 0 Å². The highest BCUT2D eigenvalue weighted by Crippen LogP contribution is 2.39. The van der Waals surface area contributed by atoms with E-state index >= 15 is 0 Å². The standard InChI is InChI=1S/C23H28N2O4S/c1-2-18(29-16-8-4-3-5-9-16)21(26)24-22-20(17-10-6-7-11-19(17)30-22)23(27)25-12-14-28-15-13-25/h3-5,8-9,18H,2,6-7,10-15H2,1H3,(H,24,26)/t18-/m0/s1. The summed E-state index contributed by atoms with van der Waals surface area (Å²) in [7, 11) is 0. The van der Waals surface area contributed by atoms with E-state index in [0.717, 1.165) is 31.2 Å². The van der Waals surface area contributed by atoms with Crippen molar-refractivity contribution in [1.29, 1.82) is 0 Å². The second kappa shape index (κ2) is 9.62. The van der Waals surface area contributed by atoms with Crippen LogP contribution in [0, 0.1) is 0 Å². The third-order valence-electron chi connectivity index (χ3n) is 5.60. The van der Waals surface area contributed by atoms with Crippen LogP contribution in [-0.4, -0.2) is 49.1 Å². The molecule has 2 amide bonds. The monoisotopic (exact) mass is 428 g/mol. The first-order valence-electron chi connectivity index (χ1n) is 10.7. The molecule has 0 spiro atoms. The Bertz CT molecular complexity index is 890. The Morgan fingerprint density at radius 2 is 1.90 bits per heavy atom. The molecule has 0 unspecified atom stereocenters. The number of carbonyl (C=O) groups excluding carboxylic acids is 2. The van der Waals surface area contributed by atoms with Gasteiger partial charge in [-0.15, -0.1) is 11.3 Å². The van der Waals surface area contributed by atoms with Crippen molar-refractivity contribution in [2.75, 3.05) is 31.6 Å². The maximum absolute atomic E-state index is 13.4. The molecule has 2 heterocycles. The first-order valence-corrected chi connectivity index (χ1v) is 11.5. The van der Waals surface area contributed by atoms with E-state index < -0.39 is 6.10 Å². The molecule has 1 aliphatic heterocycles. The van der Waals surface area contributed by atoms with E-state index in [9.17, 15) is 9.59 Å². The van der Waals surface area contributed by atoms with Crippen molar-refractivity contribution in [1.82, 2.24) is 4.90 Å². The second-order valence-electron chi connectivity index (χ2n) is 7.64. The van der Waals surface area contributed by atoms with Crippen LogP contribution in [0.4, 0.5) is 5.00 Å². The summed E-state index contributed by atoms with van der Waals surface area (Å²) in [6.45, 7) is 4.22. The smallest absolute Gasteiger partial charge is 0.266 e. The van der Waals surface area contributed by atoms with Crippen LogP contribution in [-0.2, 0) is 22.4 Å². The number of hydrogen-bond acceptors (Lipinski definition) is 5. The molecule has 1 atom stereocenters. The predicted octanol–water partition coefficient (Wildman–Crippen LogP) is 3.90. The molecular formula is C23H28N2O4S. The normalized spacial score (nSPS) is 17.2. The fourth-order valence-electron chi connectivity index (χ4n) is 3.98. The van der Waals surface area contributed by atoms with Gasteiger partial charge in [0.05, 0.1) is 18.8 Å². The van der Waals surface area contributed by atoms with E-state index in [-0.39, 0.29) is 11.8 Å². The molecular weight excluding hydrogens is 400 g/mol. The molecule has 1 fully saturated rings. The SMILES string of the molecule is CC[C@H](Oc1ccccc1)C(=O)Nc1sc2c(c1C(=O)N1CCOCC1)CCCC2. The van der Waals surface area contributed by atoms with Crippen LogP contribution >= 0.6 is 11.3 Å². The lowest BCUT2D eigenvalue weighted by molar-refractivity contribution is -0.122. The largest absolute Gasteiger partial charge is 0.481 e. The van der Waals surface area contributed by atoms with Crippen molar-refractivity contribution in [3.8, 4) is 5.75 Å². The highest BCUT2D eigenvalue weighted by Gasteiger charge is 2.31. The average Bonchev–Trinajstić information content (AvgIpc) is 3.15. The molecule has 160 valence electrons. The summed E-state index contributed by atoms with van der Waals surface area (Å²) in [4.78, 5) is 29.5. The van der Waals surface area contributed by atoms with E-state index in [1.807, 2.05) is 42.2 Å². The average molecular weight is 429 g/mol. The molecule has 30 heavy (non-hydrogen) atoms. The van der Waals surface area contributed by atoms with Gasteiger partial charge in [-0.1, -0.05) is 25.1 Å². The summed E-state index contributed by atoms with van der Waals surface area (Å²) < 4.78 is 11.3. The number of hydrogen-bond donors (Lipinski definition) is 1. The van der Waals surface area contributed by atoms with E-state index in [1.165, 1.54) is 4.88 Å². The molecule has 1 N–H and O–H groups in total. The van der Waals surface area contributed by atoms with Crippen LogP contribution < -0.4 is 10.1 Å². The first kappa shape index (κ1) is 20.9. The minimum absolute atomic E-state index is 0.00465. The van der Waals surface area contributed by atoms with Gasteiger partial charge in [0.1, 0.15) is 10.8 Å². The molecule has 6 nitrogen and oxygen atoms in total. The Balaban J connectivity index is 1.57. The molecule has 2 aliphatic rings. The Morgan fingerprint density at radius 3 is 2.63 bits per heavy atom. The summed E-state index contributed by atoms with van der Waals surface area (Å²) in [6, 6.07) is 9.35. The summed E-state index contributed by atoms with van der Waals surface area (Å²) >= 11 is 1.55. The van der Waals surface area contributed by atoms with Crippen molar-refractivity contribution < 1.29 is 19.1 Å². The van der Waals surface area contributed by atoms with Gasteiger partial charge in [0.2, 0.25) is 0 Å². The number of fused-ring (bicyclic) bond motifs is 1. The molecule has 2 aromatic rings. The summed E-state index contributed by atoms with van der Waals surface area (Å²) in [5, 5.41) is 3.70. The minimum Gasteiger partial charge on any atom is -0.481 e. The molecule has 0 bridgehead atoms. The number of benzene rings is 1.